The van der Waals surface area contributed by atoms with E-state index in [9.17, 15) is 14.9 Å². The molecule has 2 fully saturated rings. The summed E-state index contributed by atoms with van der Waals surface area (Å²) in [4.78, 5) is 28.0. The molecule has 0 radical (unpaired) electrons. The lowest BCUT2D eigenvalue weighted by atomic mass is 9.77. The van der Waals surface area contributed by atoms with Crippen LogP contribution in [-0.2, 0) is 9.53 Å². The summed E-state index contributed by atoms with van der Waals surface area (Å²) in [6.07, 6.45) is 2.33. The summed E-state index contributed by atoms with van der Waals surface area (Å²) in [5, 5.41) is 12.5. The molecule has 2 saturated heterocycles. The maximum Gasteiger partial charge on any atom is 0.412 e. The maximum atomic E-state index is 12.2. The Hall–Kier alpha value is -2.46. The molecule has 7 nitrogen and oxygen atoms in total. The van der Waals surface area contributed by atoms with Crippen LogP contribution in [0.25, 0.3) is 0 Å². The van der Waals surface area contributed by atoms with E-state index in [4.69, 9.17) is 16.3 Å². The fourth-order valence-corrected chi connectivity index (χ4v) is 4.52. The molecule has 0 unspecified atom stereocenters. The van der Waals surface area contributed by atoms with Crippen molar-refractivity contribution in [3.05, 3.63) is 22.7 Å². The second kappa shape index (κ2) is 8.35. The Morgan fingerprint density at radius 3 is 2.37 bits per heavy atom. The van der Waals surface area contributed by atoms with Gasteiger partial charge in [0.2, 0.25) is 5.91 Å². The van der Waals surface area contributed by atoms with Gasteiger partial charge in [0.25, 0.3) is 0 Å². The van der Waals surface area contributed by atoms with Crippen molar-refractivity contribution >= 4 is 35.0 Å². The van der Waals surface area contributed by atoms with Gasteiger partial charge in [-0.2, -0.15) is 5.26 Å². The van der Waals surface area contributed by atoms with Crippen LogP contribution in [0, 0.1) is 16.7 Å². The normalized spacial score (nSPS) is 18.3. The van der Waals surface area contributed by atoms with Gasteiger partial charge in [-0.15, -0.1) is 0 Å². The van der Waals surface area contributed by atoms with Crippen molar-refractivity contribution < 1.29 is 14.3 Å². The van der Waals surface area contributed by atoms with Crippen molar-refractivity contribution in [3.63, 3.8) is 0 Å². The van der Waals surface area contributed by atoms with E-state index in [0.717, 1.165) is 51.1 Å². The number of hydrogen-bond acceptors (Lipinski definition) is 5. The number of carbonyl (C=O) groups is 2. The number of nitrogens with one attached hydrogen (secondary N) is 1. The number of nitrogens with zero attached hydrogens (tertiary/aromatic N) is 3. The Bertz CT molecular complexity index is 880. The molecular formula is C22H29ClN4O3. The number of hydrogen-bond donors (Lipinski definition) is 1. The van der Waals surface area contributed by atoms with E-state index in [2.05, 4.69) is 16.3 Å². The zero-order valence-electron chi connectivity index (χ0n) is 18.0. The van der Waals surface area contributed by atoms with Crippen molar-refractivity contribution in [2.24, 2.45) is 5.41 Å². The minimum Gasteiger partial charge on any atom is -0.444 e. The van der Waals surface area contributed by atoms with Crippen LogP contribution in [0.3, 0.4) is 0 Å². The van der Waals surface area contributed by atoms with Crippen molar-refractivity contribution in [2.45, 2.75) is 52.6 Å². The lowest BCUT2D eigenvalue weighted by Gasteiger charge is -2.40. The number of carbonyl (C=O) groups excluding carboxylic acids is 2. The standard InChI is InChI=1S/C22H29ClN4O3/c1-15(28)27-10-7-22(14-27)5-8-26(9-6-22)18-12-16(13-24)11-17(19(18)23)25-20(29)30-21(2,3)4/h11-12H,5-10,14H2,1-4H3,(H,25,29). The molecule has 162 valence electrons. The van der Waals surface area contributed by atoms with Crippen LogP contribution in [0.1, 0.15) is 52.5 Å². The zero-order chi connectivity index (χ0) is 22.1. The van der Waals surface area contributed by atoms with Gasteiger partial charge in [-0.3, -0.25) is 10.1 Å². The average Bonchev–Trinajstić information content (AvgIpc) is 3.07. The number of ether oxygens (including phenoxy) is 1. The van der Waals surface area contributed by atoms with Gasteiger partial charge in [-0.25, -0.2) is 4.79 Å². The van der Waals surface area contributed by atoms with Crippen LogP contribution >= 0.6 is 11.6 Å². The number of likely N-dealkylation sites (tertiary alicyclic amines) is 1. The summed E-state index contributed by atoms with van der Waals surface area (Å²) in [7, 11) is 0. The fourth-order valence-electron chi connectivity index (χ4n) is 4.24. The Kier molecular flexibility index (Phi) is 6.19. The SMILES string of the molecule is CC(=O)N1CCC2(CCN(c3cc(C#N)cc(NC(=O)OC(C)(C)C)c3Cl)CC2)C1. The third-order valence-corrected chi connectivity index (χ3v) is 6.26. The first-order valence-electron chi connectivity index (χ1n) is 10.3. The predicted octanol–water partition coefficient (Wildman–Crippen LogP) is 4.40. The topological polar surface area (TPSA) is 85.7 Å². The summed E-state index contributed by atoms with van der Waals surface area (Å²) < 4.78 is 5.31. The molecule has 8 heteroatoms. The molecule has 2 heterocycles. The summed E-state index contributed by atoms with van der Waals surface area (Å²) in [5.74, 6) is 0.136. The summed E-state index contributed by atoms with van der Waals surface area (Å²) in [6.45, 7) is 10.2. The number of benzene rings is 1. The molecule has 1 aromatic rings. The van der Waals surface area contributed by atoms with Crippen LogP contribution in [0.5, 0.6) is 0 Å². The van der Waals surface area contributed by atoms with E-state index >= 15 is 0 Å². The molecule has 0 atom stereocenters. The van der Waals surface area contributed by atoms with Crippen LogP contribution in [0.15, 0.2) is 12.1 Å². The lowest BCUT2D eigenvalue weighted by Crippen LogP contribution is -2.42. The minimum atomic E-state index is -0.636. The number of amides is 2. The Labute approximate surface area is 182 Å². The first-order valence-corrected chi connectivity index (χ1v) is 10.6. The average molecular weight is 433 g/mol. The molecule has 1 aromatic carbocycles. The van der Waals surface area contributed by atoms with Crippen LogP contribution in [0.4, 0.5) is 16.2 Å². The maximum absolute atomic E-state index is 12.2. The highest BCUT2D eigenvalue weighted by molar-refractivity contribution is 6.36. The molecular weight excluding hydrogens is 404 g/mol. The largest absolute Gasteiger partial charge is 0.444 e. The van der Waals surface area contributed by atoms with Gasteiger partial charge in [0.05, 0.1) is 28.0 Å². The molecule has 1 N–H and O–H groups in total. The molecule has 2 aliphatic heterocycles. The number of nitriles is 1. The highest BCUT2D eigenvalue weighted by atomic mass is 35.5. The molecule has 0 saturated carbocycles. The molecule has 0 bridgehead atoms. The predicted molar refractivity (Wildman–Crippen MR) is 117 cm³/mol. The highest BCUT2D eigenvalue weighted by Gasteiger charge is 2.41. The fraction of sp³-hybridized carbons (Fsp3) is 0.591. The number of halogens is 1. The molecule has 0 aliphatic carbocycles. The van der Waals surface area contributed by atoms with Gasteiger partial charge in [0, 0.05) is 33.1 Å². The van der Waals surface area contributed by atoms with Gasteiger partial charge in [-0.05, 0) is 57.6 Å². The number of anilines is 2. The lowest BCUT2D eigenvalue weighted by molar-refractivity contribution is -0.128. The molecule has 1 spiro atoms. The Morgan fingerprint density at radius 1 is 1.20 bits per heavy atom. The van der Waals surface area contributed by atoms with Crippen molar-refractivity contribution in [3.8, 4) is 6.07 Å². The monoisotopic (exact) mass is 432 g/mol. The van der Waals surface area contributed by atoms with E-state index in [1.807, 2.05) is 4.90 Å². The van der Waals surface area contributed by atoms with Gasteiger partial charge in [0.15, 0.2) is 0 Å². The van der Waals surface area contributed by atoms with E-state index in [0.29, 0.717) is 16.3 Å². The summed E-state index contributed by atoms with van der Waals surface area (Å²) in [5.41, 5.74) is 1.05. The number of piperidine rings is 1. The molecule has 0 aromatic heterocycles. The van der Waals surface area contributed by atoms with Crippen LogP contribution in [0.2, 0.25) is 5.02 Å². The van der Waals surface area contributed by atoms with Crippen molar-refractivity contribution in [1.82, 2.24) is 4.90 Å². The summed E-state index contributed by atoms with van der Waals surface area (Å²) >= 11 is 6.63. The first-order chi connectivity index (χ1) is 14.0. The second-order valence-electron chi connectivity index (χ2n) is 9.27. The smallest absolute Gasteiger partial charge is 0.412 e. The first kappa shape index (κ1) is 22.2. The van der Waals surface area contributed by atoms with Gasteiger partial charge in [0.1, 0.15) is 5.60 Å². The van der Waals surface area contributed by atoms with Gasteiger partial charge in [-0.1, -0.05) is 11.6 Å². The van der Waals surface area contributed by atoms with Crippen molar-refractivity contribution in [1.29, 1.82) is 5.26 Å². The third kappa shape index (κ3) is 4.99. The molecule has 30 heavy (non-hydrogen) atoms. The minimum absolute atomic E-state index is 0.136. The van der Waals surface area contributed by atoms with E-state index in [-0.39, 0.29) is 11.3 Å². The van der Waals surface area contributed by atoms with Crippen molar-refractivity contribution in [2.75, 3.05) is 36.4 Å². The second-order valence-corrected chi connectivity index (χ2v) is 9.65. The van der Waals surface area contributed by atoms with E-state index in [1.54, 1.807) is 39.8 Å². The number of rotatable bonds is 2. The Morgan fingerprint density at radius 2 is 1.83 bits per heavy atom. The quantitative estimate of drug-likeness (QED) is 0.748. The highest BCUT2D eigenvalue weighted by Crippen LogP contribution is 2.43. The Balaban J connectivity index is 1.76. The van der Waals surface area contributed by atoms with Crippen LogP contribution in [-0.4, -0.2) is 48.7 Å². The summed E-state index contributed by atoms with van der Waals surface area (Å²) in [6, 6.07) is 5.46. The molecule has 3 rings (SSSR count). The molecule has 2 amide bonds. The van der Waals surface area contributed by atoms with E-state index in [1.165, 1.54) is 0 Å². The molecule has 2 aliphatic rings. The van der Waals surface area contributed by atoms with Gasteiger partial charge < -0.3 is 14.5 Å². The van der Waals surface area contributed by atoms with Crippen LogP contribution < -0.4 is 10.2 Å². The third-order valence-electron chi connectivity index (χ3n) is 5.87. The van der Waals surface area contributed by atoms with Gasteiger partial charge >= 0.3 is 6.09 Å². The zero-order valence-corrected chi connectivity index (χ0v) is 18.8. The van der Waals surface area contributed by atoms with E-state index < -0.39 is 11.7 Å².